The van der Waals surface area contributed by atoms with Gasteiger partial charge in [-0.05, 0) is 6.42 Å². The largest absolute Gasteiger partial charge is 0.394 e. The number of H-pyrrole nitrogens is 1. The van der Waals surface area contributed by atoms with Crippen molar-refractivity contribution in [2.45, 2.75) is 46.8 Å². The Morgan fingerprint density at radius 2 is 1.97 bits per heavy atom. The molecule has 0 saturated carbocycles. The number of hydrogen-bond donors (Lipinski definition) is 4. The minimum absolute atomic E-state index is 0.0904. The number of aliphatic hydroxyl groups is 2. The highest BCUT2D eigenvalue weighted by Crippen LogP contribution is 2.10. The minimum Gasteiger partial charge on any atom is -0.394 e. The van der Waals surface area contributed by atoms with Crippen LogP contribution in [0.1, 0.15) is 34.1 Å². The second-order valence-electron chi connectivity index (χ2n) is 6.21. The van der Waals surface area contributed by atoms with Crippen LogP contribution in [0.2, 0.25) is 0 Å². The Kier molecular flexibility index (Phi) is 14.3. The van der Waals surface area contributed by atoms with Gasteiger partial charge in [0.05, 0.1) is 32.3 Å². The number of rotatable bonds is 9. The van der Waals surface area contributed by atoms with Gasteiger partial charge in [0.15, 0.2) is 11.2 Å². The number of carbonyl (C=O) groups excluding carboxylic acids is 1. The fourth-order valence-corrected chi connectivity index (χ4v) is 2.10. The van der Waals surface area contributed by atoms with Crippen LogP contribution in [0.15, 0.2) is 11.1 Å². The number of fused-ring (bicyclic) bond motifs is 1. The SMILES string of the molecule is CC.COC(CO)CCn1cnc2c(=O)[nH]c(NC(=O)C(C)C)nc21.COCCO. The van der Waals surface area contributed by atoms with E-state index in [-0.39, 0.29) is 42.6 Å². The van der Waals surface area contributed by atoms with Gasteiger partial charge in [0, 0.05) is 26.7 Å². The zero-order valence-corrected chi connectivity index (χ0v) is 18.6. The molecule has 172 valence electrons. The molecule has 2 aromatic rings. The molecule has 11 heteroatoms. The Hall–Kier alpha value is -2.34. The monoisotopic (exact) mass is 429 g/mol. The van der Waals surface area contributed by atoms with Crippen molar-refractivity contribution in [3.05, 3.63) is 16.7 Å². The van der Waals surface area contributed by atoms with E-state index >= 15 is 0 Å². The van der Waals surface area contributed by atoms with Gasteiger partial charge < -0.3 is 24.3 Å². The van der Waals surface area contributed by atoms with E-state index in [1.165, 1.54) is 13.4 Å². The van der Waals surface area contributed by atoms with Crippen LogP contribution in [0.4, 0.5) is 5.95 Å². The summed E-state index contributed by atoms with van der Waals surface area (Å²) in [5.41, 5.74) is 0.157. The summed E-state index contributed by atoms with van der Waals surface area (Å²) in [4.78, 5) is 34.6. The number of aliphatic hydroxyl groups excluding tert-OH is 2. The number of amides is 1. The van der Waals surface area contributed by atoms with Crippen molar-refractivity contribution in [1.29, 1.82) is 0 Å². The van der Waals surface area contributed by atoms with Crippen LogP contribution in [0, 0.1) is 5.92 Å². The molecule has 0 aliphatic rings. The summed E-state index contributed by atoms with van der Waals surface area (Å²) >= 11 is 0. The summed E-state index contributed by atoms with van der Waals surface area (Å²) in [7, 11) is 3.08. The van der Waals surface area contributed by atoms with E-state index in [1.807, 2.05) is 13.8 Å². The first-order chi connectivity index (χ1) is 14.4. The molecule has 30 heavy (non-hydrogen) atoms. The van der Waals surface area contributed by atoms with Crippen LogP contribution in [-0.4, -0.2) is 75.8 Å². The fourth-order valence-electron chi connectivity index (χ4n) is 2.10. The minimum atomic E-state index is -0.418. The first-order valence-corrected chi connectivity index (χ1v) is 9.87. The zero-order chi connectivity index (χ0) is 23.1. The van der Waals surface area contributed by atoms with Crippen molar-refractivity contribution < 1.29 is 24.5 Å². The van der Waals surface area contributed by atoms with Gasteiger partial charge in [-0.25, -0.2) is 4.98 Å². The summed E-state index contributed by atoms with van der Waals surface area (Å²) in [6, 6.07) is 0. The number of nitrogens with zero attached hydrogens (tertiary/aromatic N) is 3. The molecule has 0 fully saturated rings. The smallest absolute Gasteiger partial charge is 0.280 e. The van der Waals surface area contributed by atoms with E-state index in [4.69, 9.17) is 14.9 Å². The number of nitrogens with one attached hydrogen (secondary N) is 2. The molecule has 2 aromatic heterocycles. The van der Waals surface area contributed by atoms with Crippen LogP contribution in [0.5, 0.6) is 0 Å². The summed E-state index contributed by atoms with van der Waals surface area (Å²) in [6.45, 7) is 8.44. The Labute approximate surface area is 176 Å². The second-order valence-corrected chi connectivity index (χ2v) is 6.21. The Morgan fingerprint density at radius 1 is 1.30 bits per heavy atom. The van der Waals surface area contributed by atoms with Crippen molar-refractivity contribution in [3.63, 3.8) is 0 Å². The lowest BCUT2D eigenvalue weighted by atomic mass is 10.2. The molecule has 11 nitrogen and oxygen atoms in total. The molecule has 4 N–H and O–H groups in total. The van der Waals surface area contributed by atoms with Gasteiger partial charge >= 0.3 is 0 Å². The lowest BCUT2D eigenvalue weighted by Crippen LogP contribution is -2.22. The van der Waals surface area contributed by atoms with Crippen molar-refractivity contribution >= 4 is 23.0 Å². The van der Waals surface area contributed by atoms with Gasteiger partial charge in [0.2, 0.25) is 11.9 Å². The first kappa shape index (κ1) is 27.7. The van der Waals surface area contributed by atoms with Gasteiger partial charge in [0.1, 0.15) is 0 Å². The average molecular weight is 430 g/mol. The second kappa shape index (κ2) is 15.5. The number of ether oxygens (including phenoxy) is 2. The number of aromatic amines is 1. The molecular weight excluding hydrogens is 394 g/mol. The van der Waals surface area contributed by atoms with E-state index in [0.29, 0.717) is 25.2 Å². The lowest BCUT2D eigenvalue weighted by molar-refractivity contribution is -0.118. The van der Waals surface area contributed by atoms with Gasteiger partial charge in [-0.15, -0.1) is 0 Å². The van der Waals surface area contributed by atoms with Crippen LogP contribution in [-0.2, 0) is 20.8 Å². The average Bonchev–Trinajstić information content (AvgIpc) is 3.15. The molecule has 0 saturated heterocycles. The molecule has 2 heterocycles. The molecule has 0 aliphatic heterocycles. The molecular formula is C19H35N5O6. The van der Waals surface area contributed by atoms with E-state index in [0.717, 1.165) is 0 Å². The van der Waals surface area contributed by atoms with Crippen molar-refractivity contribution in [2.24, 2.45) is 5.92 Å². The number of carbonyl (C=O) groups is 1. The maximum atomic E-state index is 12.0. The number of aryl methyl sites for hydroxylation is 1. The third-order valence-corrected chi connectivity index (χ3v) is 3.77. The van der Waals surface area contributed by atoms with E-state index < -0.39 is 5.56 Å². The third-order valence-electron chi connectivity index (χ3n) is 3.77. The molecule has 0 spiro atoms. The number of methoxy groups -OCH3 is 2. The molecule has 0 radical (unpaired) electrons. The molecule has 1 unspecified atom stereocenters. The summed E-state index contributed by atoms with van der Waals surface area (Å²) < 4.78 is 11.2. The van der Waals surface area contributed by atoms with Gasteiger partial charge in [-0.1, -0.05) is 27.7 Å². The highest BCUT2D eigenvalue weighted by atomic mass is 16.5. The predicted octanol–water partition coefficient (Wildman–Crippen LogP) is 0.763. The maximum absolute atomic E-state index is 12.0. The van der Waals surface area contributed by atoms with Crippen LogP contribution >= 0.6 is 0 Å². The van der Waals surface area contributed by atoms with Gasteiger partial charge in [-0.3, -0.25) is 19.9 Å². The number of aromatic nitrogens is 4. The zero-order valence-electron chi connectivity index (χ0n) is 18.6. The Morgan fingerprint density at radius 3 is 2.43 bits per heavy atom. The number of anilines is 1. The highest BCUT2D eigenvalue weighted by Gasteiger charge is 2.14. The summed E-state index contributed by atoms with van der Waals surface area (Å²) in [6.07, 6.45) is 1.75. The van der Waals surface area contributed by atoms with Gasteiger partial charge in [-0.2, -0.15) is 4.98 Å². The molecule has 2 rings (SSSR count). The molecule has 0 aromatic carbocycles. The highest BCUT2D eigenvalue weighted by molar-refractivity contribution is 5.91. The predicted molar refractivity (Wildman–Crippen MR) is 114 cm³/mol. The Bertz CT molecular complexity index is 783. The number of imidazole rings is 1. The van der Waals surface area contributed by atoms with Crippen LogP contribution in [0.3, 0.4) is 0 Å². The normalized spacial score (nSPS) is 11.4. The fraction of sp³-hybridized carbons (Fsp3) is 0.684. The van der Waals surface area contributed by atoms with Crippen molar-refractivity contribution in [3.8, 4) is 0 Å². The number of hydrogen-bond acceptors (Lipinski definition) is 8. The van der Waals surface area contributed by atoms with E-state index in [1.54, 1.807) is 25.5 Å². The standard InChI is InChI=1S/C14H21N5O4.C3H8O2.C2H6/c1-8(2)12(21)17-14-16-11-10(13(22)18-14)15-7-19(11)5-4-9(6-20)23-3;1-5-3-2-4;1-2/h7-9,20H,4-6H2,1-3H3,(H2,16,17,18,21,22);4H,2-3H2,1H3;1-2H3. The Balaban J connectivity index is 0.00000105. The topological polar surface area (TPSA) is 152 Å². The maximum Gasteiger partial charge on any atom is 0.280 e. The first-order valence-electron chi connectivity index (χ1n) is 9.87. The quantitative estimate of drug-likeness (QED) is 0.456. The molecule has 0 aliphatic carbocycles. The summed E-state index contributed by atoms with van der Waals surface area (Å²) in [5, 5.41) is 19.6. The van der Waals surface area contributed by atoms with Crippen LogP contribution in [0.25, 0.3) is 11.2 Å². The summed E-state index contributed by atoms with van der Waals surface area (Å²) in [5.74, 6) is -0.375. The van der Waals surface area contributed by atoms with Crippen molar-refractivity contribution in [2.75, 3.05) is 39.4 Å². The van der Waals surface area contributed by atoms with Crippen LogP contribution < -0.4 is 10.9 Å². The molecule has 1 amide bonds. The third kappa shape index (κ3) is 8.99. The van der Waals surface area contributed by atoms with Crippen molar-refractivity contribution in [1.82, 2.24) is 19.5 Å². The van der Waals surface area contributed by atoms with E-state index in [2.05, 4.69) is 25.0 Å². The molecule has 0 bridgehead atoms. The van der Waals surface area contributed by atoms with Gasteiger partial charge in [0.25, 0.3) is 5.56 Å². The molecule has 1 atom stereocenters. The lowest BCUT2D eigenvalue weighted by Gasteiger charge is -2.12. The van der Waals surface area contributed by atoms with E-state index in [9.17, 15) is 9.59 Å².